The lowest BCUT2D eigenvalue weighted by Crippen LogP contribution is -2.41. The molecule has 0 saturated carbocycles. The standard InChI is InChI=1S/C12H17FN2O4S/c1-7-6-9(13)10(15(16)17)8(2)11(7)20(18,19)14-12(3,4)5/h6,14H,1-5H3. The summed E-state index contributed by atoms with van der Waals surface area (Å²) in [6.07, 6.45) is 0. The van der Waals surface area contributed by atoms with Crippen LogP contribution >= 0.6 is 0 Å². The third-order valence-electron chi connectivity index (χ3n) is 2.52. The lowest BCUT2D eigenvalue weighted by molar-refractivity contribution is -0.388. The molecule has 0 aliphatic heterocycles. The van der Waals surface area contributed by atoms with Gasteiger partial charge in [0.1, 0.15) is 0 Å². The molecule has 20 heavy (non-hydrogen) atoms. The van der Waals surface area contributed by atoms with Gasteiger partial charge in [-0.2, -0.15) is 4.39 Å². The first-order valence-corrected chi connectivity index (χ1v) is 7.33. The van der Waals surface area contributed by atoms with E-state index in [0.717, 1.165) is 6.07 Å². The number of hydrogen-bond donors (Lipinski definition) is 1. The van der Waals surface area contributed by atoms with E-state index in [9.17, 15) is 22.9 Å². The van der Waals surface area contributed by atoms with E-state index in [-0.39, 0.29) is 16.0 Å². The summed E-state index contributed by atoms with van der Waals surface area (Å²) in [5, 5.41) is 10.9. The third kappa shape index (κ3) is 3.31. The van der Waals surface area contributed by atoms with Crippen molar-refractivity contribution in [1.29, 1.82) is 0 Å². The zero-order chi connectivity index (χ0) is 15.9. The molecular formula is C12H17FN2O4S. The zero-order valence-electron chi connectivity index (χ0n) is 11.9. The van der Waals surface area contributed by atoms with Gasteiger partial charge in [0, 0.05) is 5.54 Å². The first-order chi connectivity index (χ1) is 8.87. The van der Waals surface area contributed by atoms with Crippen molar-refractivity contribution in [1.82, 2.24) is 4.72 Å². The highest BCUT2D eigenvalue weighted by molar-refractivity contribution is 7.89. The number of sulfonamides is 1. The normalized spacial score (nSPS) is 12.5. The molecule has 0 heterocycles. The van der Waals surface area contributed by atoms with E-state index >= 15 is 0 Å². The summed E-state index contributed by atoms with van der Waals surface area (Å²) >= 11 is 0. The first-order valence-electron chi connectivity index (χ1n) is 5.85. The summed E-state index contributed by atoms with van der Waals surface area (Å²) in [5.74, 6) is -1.04. The molecule has 0 atom stereocenters. The van der Waals surface area contributed by atoms with Crippen molar-refractivity contribution in [3.63, 3.8) is 0 Å². The summed E-state index contributed by atoms with van der Waals surface area (Å²) in [7, 11) is -3.97. The summed E-state index contributed by atoms with van der Waals surface area (Å²) < 4.78 is 40.7. The van der Waals surface area contributed by atoms with Crippen LogP contribution in [-0.2, 0) is 10.0 Å². The van der Waals surface area contributed by atoms with Gasteiger partial charge < -0.3 is 0 Å². The van der Waals surface area contributed by atoms with Crippen LogP contribution in [0.2, 0.25) is 0 Å². The topological polar surface area (TPSA) is 89.3 Å². The summed E-state index contributed by atoms with van der Waals surface area (Å²) in [5.41, 5.74) is -1.64. The molecule has 112 valence electrons. The largest absolute Gasteiger partial charge is 0.309 e. The second kappa shape index (κ2) is 5.10. The summed E-state index contributed by atoms with van der Waals surface area (Å²) in [6, 6.07) is 0.863. The van der Waals surface area contributed by atoms with Crippen LogP contribution in [0.25, 0.3) is 0 Å². The molecule has 1 N–H and O–H groups in total. The number of nitro groups is 1. The van der Waals surface area contributed by atoms with Crippen LogP contribution in [0.3, 0.4) is 0 Å². The minimum absolute atomic E-state index is 0.127. The molecule has 0 radical (unpaired) electrons. The van der Waals surface area contributed by atoms with Crippen molar-refractivity contribution in [2.45, 2.75) is 45.1 Å². The average molecular weight is 304 g/mol. The van der Waals surface area contributed by atoms with Crippen LogP contribution in [0.5, 0.6) is 0 Å². The van der Waals surface area contributed by atoms with Gasteiger partial charge in [-0.3, -0.25) is 10.1 Å². The molecule has 8 heteroatoms. The Morgan fingerprint density at radius 3 is 2.20 bits per heavy atom. The maximum absolute atomic E-state index is 13.6. The van der Waals surface area contributed by atoms with Crippen molar-refractivity contribution in [3.8, 4) is 0 Å². The molecule has 0 aliphatic carbocycles. The number of nitro benzene ring substituents is 1. The van der Waals surface area contributed by atoms with Crippen LogP contribution in [0.4, 0.5) is 10.1 Å². The molecule has 0 spiro atoms. The number of rotatable bonds is 3. The molecule has 1 aromatic rings. The fraction of sp³-hybridized carbons (Fsp3) is 0.500. The molecule has 1 aromatic carbocycles. The van der Waals surface area contributed by atoms with Crippen LogP contribution in [-0.4, -0.2) is 18.9 Å². The Kier molecular flexibility index (Phi) is 4.21. The molecule has 0 saturated heterocycles. The van der Waals surface area contributed by atoms with Gasteiger partial charge in [0.05, 0.1) is 15.4 Å². The quantitative estimate of drug-likeness (QED) is 0.686. The van der Waals surface area contributed by atoms with Gasteiger partial charge >= 0.3 is 5.69 Å². The Labute approximate surface area is 117 Å². The van der Waals surface area contributed by atoms with Gasteiger partial charge in [0.15, 0.2) is 0 Å². The second-order valence-corrected chi connectivity index (χ2v) is 7.21. The highest BCUT2D eigenvalue weighted by atomic mass is 32.2. The molecule has 0 amide bonds. The SMILES string of the molecule is Cc1cc(F)c([N+](=O)[O-])c(C)c1S(=O)(=O)NC(C)(C)C. The van der Waals surface area contributed by atoms with Gasteiger partial charge in [-0.25, -0.2) is 13.1 Å². The van der Waals surface area contributed by atoms with E-state index in [1.807, 2.05) is 0 Å². The van der Waals surface area contributed by atoms with Gasteiger partial charge in [-0.15, -0.1) is 0 Å². The van der Waals surface area contributed by atoms with Crippen LogP contribution < -0.4 is 4.72 Å². The molecule has 1 rings (SSSR count). The molecule has 0 bridgehead atoms. The van der Waals surface area contributed by atoms with Crippen LogP contribution in [0.15, 0.2) is 11.0 Å². The van der Waals surface area contributed by atoms with Crippen molar-refractivity contribution in [3.05, 3.63) is 33.1 Å². The van der Waals surface area contributed by atoms with E-state index < -0.39 is 32.0 Å². The lowest BCUT2D eigenvalue weighted by atomic mass is 10.1. The van der Waals surface area contributed by atoms with E-state index in [4.69, 9.17) is 0 Å². The minimum Gasteiger partial charge on any atom is -0.258 e. The highest BCUT2D eigenvalue weighted by Gasteiger charge is 2.31. The Bertz CT molecular complexity index is 663. The van der Waals surface area contributed by atoms with Gasteiger partial charge in [0.25, 0.3) is 0 Å². The lowest BCUT2D eigenvalue weighted by Gasteiger charge is -2.22. The maximum Gasteiger partial charge on any atom is 0.309 e. The summed E-state index contributed by atoms with van der Waals surface area (Å²) in [4.78, 5) is 9.70. The summed E-state index contributed by atoms with van der Waals surface area (Å²) in [6.45, 7) is 7.57. The molecule has 0 fully saturated rings. The van der Waals surface area contributed by atoms with Gasteiger partial charge in [-0.1, -0.05) is 0 Å². The predicted octanol–water partition coefficient (Wildman–Crippen LogP) is 2.43. The molecular weight excluding hydrogens is 287 g/mol. The first kappa shape index (κ1) is 16.5. The molecule has 0 aromatic heterocycles. The van der Waals surface area contributed by atoms with Crippen molar-refractivity contribution >= 4 is 15.7 Å². The van der Waals surface area contributed by atoms with E-state index in [0.29, 0.717) is 0 Å². The van der Waals surface area contributed by atoms with E-state index in [2.05, 4.69) is 4.72 Å². The Morgan fingerprint density at radius 1 is 1.30 bits per heavy atom. The minimum atomic E-state index is -3.97. The number of aryl methyl sites for hydroxylation is 1. The molecule has 6 nitrogen and oxygen atoms in total. The fourth-order valence-electron chi connectivity index (χ4n) is 2.00. The van der Waals surface area contributed by atoms with Crippen molar-refractivity contribution in [2.75, 3.05) is 0 Å². The number of nitrogens with zero attached hydrogens (tertiary/aromatic N) is 1. The van der Waals surface area contributed by atoms with E-state index in [1.165, 1.54) is 13.8 Å². The Balaban J connectivity index is 3.62. The number of halogens is 1. The average Bonchev–Trinajstić information content (AvgIpc) is 2.09. The number of nitrogens with one attached hydrogen (secondary N) is 1. The number of benzene rings is 1. The van der Waals surface area contributed by atoms with Crippen molar-refractivity contribution in [2.24, 2.45) is 0 Å². The van der Waals surface area contributed by atoms with Crippen molar-refractivity contribution < 1.29 is 17.7 Å². The zero-order valence-corrected chi connectivity index (χ0v) is 12.8. The fourth-order valence-corrected chi connectivity index (χ4v) is 3.89. The van der Waals surface area contributed by atoms with E-state index in [1.54, 1.807) is 20.8 Å². The monoisotopic (exact) mass is 304 g/mol. The third-order valence-corrected chi connectivity index (χ3v) is 4.56. The van der Waals surface area contributed by atoms with Crippen LogP contribution in [0.1, 0.15) is 31.9 Å². The smallest absolute Gasteiger partial charge is 0.258 e. The Hall–Kier alpha value is -1.54. The predicted molar refractivity (Wildman–Crippen MR) is 72.6 cm³/mol. The highest BCUT2D eigenvalue weighted by Crippen LogP contribution is 2.31. The van der Waals surface area contributed by atoms with Gasteiger partial charge in [-0.05, 0) is 46.2 Å². The van der Waals surface area contributed by atoms with Gasteiger partial charge in [0.2, 0.25) is 15.8 Å². The molecule has 0 unspecified atom stereocenters. The molecule has 0 aliphatic rings. The second-order valence-electron chi connectivity index (χ2n) is 5.59. The number of hydrogen-bond acceptors (Lipinski definition) is 4. The maximum atomic E-state index is 13.6. The van der Waals surface area contributed by atoms with Crippen LogP contribution in [0, 0.1) is 29.8 Å². The Morgan fingerprint density at radius 2 is 1.80 bits per heavy atom.